The van der Waals surface area contributed by atoms with Gasteiger partial charge in [0.1, 0.15) is 11.9 Å². The topological polar surface area (TPSA) is 91.7 Å². The molecule has 0 spiro atoms. The lowest BCUT2D eigenvalue weighted by Crippen LogP contribution is -2.49. The van der Waals surface area contributed by atoms with Gasteiger partial charge < -0.3 is 14.8 Å². The molecule has 0 saturated carbocycles. The van der Waals surface area contributed by atoms with E-state index in [2.05, 4.69) is 5.32 Å². The number of pyridine rings is 1. The molecule has 1 aromatic carbocycles. The molecule has 5 rings (SSSR count). The molecule has 0 aliphatic carbocycles. The number of amides is 4. The molecule has 2 bridgehead atoms. The first-order chi connectivity index (χ1) is 16.4. The molecular weight excluding hydrogens is 439 g/mol. The number of urea groups is 1. The summed E-state index contributed by atoms with van der Waals surface area (Å²) >= 11 is 0. The predicted molar refractivity (Wildman–Crippen MR) is 122 cm³/mol. The van der Waals surface area contributed by atoms with E-state index in [1.807, 2.05) is 15.5 Å². The van der Waals surface area contributed by atoms with Crippen molar-refractivity contribution in [2.24, 2.45) is 5.92 Å². The molecule has 1 aromatic heterocycles. The fourth-order valence-corrected chi connectivity index (χ4v) is 5.44. The molecule has 2 saturated heterocycles. The zero-order valence-electron chi connectivity index (χ0n) is 18.8. The average molecular weight is 467 g/mol. The first kappa shape index (κ1) is 22.3. The second-order valence-electron chi connectivity index (χ2n) is 9.41. The van der Waals surface area contributed by atoms with Crippen LogP contribution in [0, 0.1) is 11.7 Å². The third kappa shape index (κ3) is 4.34. The Morgan fingerprint density at radius 1 is 1.06 bits per heavy atom. The number of carbonyl (C=O) groups excluding carboxylic acids is 3. The number of benzene rings is 1. The van der Waals surface area contributed by atoms with Crippen LogP contribution >= 0.6 is 0 Å². The standard InChI is InChI=1S/C25H27FN4O4/c26-19-4-1-3-16(12-19)9-10-29-24(33)20(27-25(29)34)7-8-22(31)28-13-17-11-18(15-28)21-5-2-6-23(32)30(21)14-17/h1-6,12,17-18,20H,7-11,13-15H2,(H,27,34)/t17-,18+,20-/m0/s1. The van der Waals surface area contributed by atoms with Crippen LogP contribution < -0.4 is 10.9 Å². The quantitative estimate of drug-likeness (QED) is 0.658. The number of nitrogens with zero attached hydrogens (tertiary/aromatic N) is 3. The molecule has 3 aliphatic rings. The van der Waals surface area contributed by atoms with Crippen LogP contribution in [-0.4, -0.2) is 57.9 Å². The summed E-state index contributed by atoms with van der Waals surface area (Å²) in [5.74, 6) is -0.374. The highest BCUT2D eigenvalue weighted by molar-refractivity contribution is 6.04. The second-order valence-corrected chi connectivity index (χ2v) is 9.41. The minimum absolute atomic E-state index is 0.00409. The van der Waals surface area contributed by atoms with Crippen LogP contribution in [0.2, 0.25) is 0 Å². The van der Waals surface area contributed by atoms with Crippen molar-refractivity contribution < 1.29 is 18.8 Å². The van der Waals surface area contributed by atoms with Gasteiger partial charge in [-0.25, -0.2) is 9.18 Å². The molecule has 178 valence electrons. The Morgan fingerprint density at radius 2 is 1.88 bits per heavy atom. The Morgan fingerprint density at radius 3 is 2.71 bits per heavy atom. The molecule has 0 unspecified atom stereocenters. The number of aromatic nitrogens is 1. The van der Waals surface area contributed by atoms with Crippen LogP contribution in [0.4, 0.5) is 9.18 Å². The maximum atomic E-state index is 13.4. The van der Waals surface area contributed by atoms with Crippen LogP contribution in [0.1, 0.15) is 36.4 Å². The summed E-state index contributed by atoms with van der Waals surface area (Å²) in [5.41, 5.74) is 1.69. The second kappa shape index (κ2) is 9.04. The van der Waals surface area contributed by atoms with Gasteiger partial charge in [0.15, 0.2) is 0 Å². The average Bonchev–Trinajstić information content (AvgIpc) is 3.09. The summed E-state index contributed by atoms with van der Waals surface area (Å²) in [6.07, 6.45) is 1.73. The van der Waals surface area contributed by atoms with E-state index in [-0.39, 0.29) is 54.4 Å². The Bertz CT molecular complexity index is 1200. The summed E-state index contributed by atoms with van der Waals surface area (Å²) in [6, 6.07) is 10.2. The number of rotatable bonds is 6. The van der Waals surface area contributed by atoms with E-state index in [9.17, 15) is 23.6 Å². The molecular formula is C25H27FN4O4. The number of likely N-dealkylation sites (tertiary alicyclic amines) is 1. The van der Waals surface area contributed by atoms with Crippen molar-refractivity contribution >= 4 is 17.8 Å². The van der Waals surface area contributed by atoms with E-state index >= 15 is 0 Å². The monoisotopic (exact) mass is 466 g/mol. The van der Waals surface area contributed by atoms with E-state index in [0.717, 1.165) is 17.0 Å². The largest absolute Gasteiger partial charge is 0.342 e. The summed E-state index contributed by atoms with van der Waals surface area (Å²) in [6.45, 7) is 1.93. The highest BCUT2D eigenvalue weighted by atomic mass is 19.1. The number of hydrogen-bond acceptors (Lipinski definition) is 4. The first-order valence-corrected chi connectivity index (χ1v) is 11.7. The lowest BCUT2D eigenvalue weighted by molar-refractivity contribution is -0.134. The van der Waals surface area contributed by atoms with E-state index in [4.69, 9.17) is 0 Å². The van der Waals surface area contributed by atoms with Crippen molar-refractivity contribution in [3.05, 3.63) is 69.9 Å². The van der Waals surface area contributed by atoms with Crippen LogP contribution in [0.3, 0.4) is 0 Å². The maximum absolute atomic E-state index is 13.4. The third-order valence-electron chi connectivity index (χ3n) is 7.10. The third-order valence-corrected chi connectivity index (χ3v) is 7.10. The fraction of sp³-hybridized carbons (Fsp3) is 0.440. The van der Waals surface area contributed by atoms with Crippen molar-refractivity contribution in [3.8, 4) is 0 Å². The molecule has 9 heteroatoms. The van der Waals surface area contributed by atoms with E-state index < -0.39 is 12.1 Å². The van der Waals surface area contributed by atoms with Gasteiger partial charge in [0, 0.05) is 50.3 Å². The Hall–Kier alpha value is -3.49. The number of carbonyl (C=O) groups is 3. The number of nitrogens with one attached hydrogen (secondary N) is 1. The number of fused-ring (bicyclic) bond motifs is 4. The van der Waals surface area contributed by atoms with Gasteiger partial charge in [-0.2, -0.15) is 0 Å². The zero-order chi connectivity index (χ0) is 23.8. The highest BCUT2D eigenvalue weighted by Gasteiger charge is 2.39. The molecule has 34 heavy (non-hydrogen) atoms. The van der Waals surface area contributed by atoms with Crippen molar-refractivity contribution in [3.63, 3.8) is 0 Å². The molecule has 3 aliphatic heterocycles. The van der Waals surface area contributed by atoms with Gasteiger partial charge in [-0.05, 0) is 48.9 Å². The Labute approximate surface area is 196 Å². The van der Waals surface area contributed by atoms with Gasteiger partial charge in [-0.3, -0.25) is 19.3 Å². The van der Waals surface area contributed by atoms with E-state index in [1.54, 1.807) is 24.3 Å². The number of imide groups is 1. The van der Waals surface area contributed by atoms with Gasteiger partial charge in [-0.15, -0.1) is 0 Å². The van der Waals surface area contributed by atoms with Gasteiger partial charge in [-0.1, -0.05) is 18.2 Å². The minimum atomic E-state index is -0.729. The summed E-state index contributed by atoms with van der Waals surface area (Å²) in [7, 11) is 0. The van der Waals surface area contributed by atoms with Crippen molar-refractivity contribution in [1.29, 1.82) is 0 Å². The smallest absolute Gasteiger partial charge is 0.324 e. The number of hydrogen-bond donors (Lipinski definition) is 1. The molecule has 3 atom stereocenters. The predicted octanol–water partition coefficient (Wildman–Crippen LogP) is 1.88. The summed E-state index contributed by atoms with van der Waals surface area (Å²) in [4.78, 5) is 53.2. The molecule has 4 amide bonds. The van der Waals surface area contributed by atoms with Crippen molar-refractivity contribution in [2.45, 2.75) is 44.2 Å². The van der Waals surface area contributed by atoms with Gasteiger partial charge in [0.25, 0.3) is 11.5 Å². The molecule has 8 nitrogen and oxygen atoms in total. The van der Waals surface area contributed by atoms with Crippen molar-refractivity contribution in [2.75, 3.05) is 19.6 Å². The molecule has 2 fully saturated rings. The van der Waals surface area contributed by atoms with Crippen LogP contribution in [0.25, 0.3) is 0 Å². The normalized spacial score (nSPS) is 23.6. The highest BCUT2D eigenvalue weighted by Crippen LogP contribution is 2.35. The van der Waals surface area contributed by atoms with E-state index in [1.165, 1.54) is 12.1 Å². The zero-order valence-corrected chi connectivity index (χ0v) is 18.8. The van der Waals surface area contributed by atoms with Crippen LogP contribution in [0.15, 0.2) is 47.3 Å². The number of piperidine rings is 1. The van der Waals surface area contributed by atoms with Gasteiger partial charge in [0.05, 0.1) is 0 Å². The van der Waals surface area contributed by atoms with Gasteiger partial charge in [0.2, 0.25) is 5.91 Å². The fourth-order valence-electron chi connectivity index (χ4n) is 5.44. The van der Waals surface area contributed by atoms with Crippen LogP contribution in [0.5, 0.6) is 0 Å². The molecule has 0 radical (unpaired) electrons. The number of halogens is 1. The summed E-state index contributed by atoms with van der Waals surface area (Å²) < 4.78 is 15.2. The minimum Gasteiger partial charge on any atom is -0.342 e. The van der Waals surface area contributed by atoms with E-state index in [0.29, 0.717) is 31.6 Å². The lowest BCUT2D eigenvalue weighted by Gasteiger charge is -2.42. The van der Waals surface area contributed by atoms with Crippen molar-refractivity contribution in [1.82, 2.24) is 19.7 Å². The SMILES string of the molecule is O=C(CC[C@@H]1NC(=O)N(CCc2cccc(F)c2)C1=O)N1C[C@@H]2C[C@H](C1)c1cccc(=O)n1C2. The lowest BCUT2D eigenvalue weighted by atomic mass is 9.83. The Balaban J connectivity index is 1.16. The molecule has 4 heterocycles. The first-order valence-electron chi connectivity index (χ1n) is 11.7. The molecule has 2 aromatic rings. The maximum Gasteiger partial charge on any atom is 0.324 e. The molecule has 1 N–H and O–H groups in total. The van der Waals surface area contributed by atoms with Gasteiger partial charge >= 0.3 is 6.03 Å². The summed E-state index contributed by atoms with van der Waals surface area (Å²) in [5, 5.41) is 2.67. The Kier molecular flexibility index (Phi) is 5.93. The van der Waals surface area contributed by atoms with Crippen LogP contribution in [-0.2, 0) is 22.6 Å².